The molecule has 2 aromatic carbocycles. The van der Waals surface area contributed by atoms with Crippen LogP contribution < -0.4 is 31.9 Å². The second-order valence-corrected chi connectivity index (χ2v) is 14.5. The van der Waals surface area contributed by atoms with Crippen molar-refractivity contribution in [3.63, 3.8) is 0 Å². The normalized spacial score (nSPS) is 12.7. The lowest BCUT2D eigenvalue weighted by Gasteiger charge is -2.23. The molecule has 0 aromatic heterocycles. The van der Waals surface area contributed by atoms with Crippen molar-refractivity contribution in [2.45, 2.75) is 101 Å². The number of hydrogen-bond donors (Lipinski definition) is 10. The first-order chi connectivity index (χ1) is 30.3. The van der Waals surface area contributed by atoms with E-state index in [1.165, 1.54) is 0 Å². The van der Waals surface area contributed by atoms with Crippen LogP contribution in [0.3, 0.4) is 0 Å². The summed E-state index contributed by atoms with van der Waals surface area (Å²) in [6.45, 7) is 1.42. The number of ether oxygens (including phenoxy) is 2. The van der Waals surface area contributed by atoms with Crippen LogP contribution >= 0.6 is 0 Å². The Morgan fingerprint density at radius 3 is 1.57 bits per heavy atom. The molecule has 0 saturated heterocycles. The van der Waals surface area contributed by atoms with E-state index in [0.29, 0.717) is 32.4 Å². The Kier molecular flexibility index (Phi) is 26.7. The lowest BCUT2D eigenvalue weighted by atomic mass is 10.0. The lowest BCUT2D eigenvalue weighted by Crippen LogP contribution is -2.55. The number of nitrogens with one attached hydrogen (secondary N) is 6. The van der Waals surface area contributed by atoms with Gasteiger partial charge in [0, 0.05) is 45.2 Å². The van der Waals surface area contributed by atoms with Crippen LogP contribution in [0.1, 0.15) is 75.3 Å². The molecular formula is C43H62N6O14. The number of aliphatic carboxylic acids is 3. The highest BCUT2D eigenvalue weighted by Gasteiger charge is 2.28. The van der Waals surface area contributed by atoms with Crippen molar-refractivity contribution in [2.75, 3.05) is 46.1 Å². The molecule has 0 aliphatic heterocycles. The van der Waals surface area contributed by atoms with E-state index < -0.39 is 78.7 Å². The molecule has 0 aliphatic rings. The van der Waals surface area contributed by atoms with Gasteiger partial charge in [-0.3, -0.25) is 24.0 Å². The number of unbranched alkanes of at least 4 members (excludes halogenated alkanes) is 4. The summed E-state index contributed by atoms with van der Waals surface area (Å²) in [6, 6.07) is 12.3. The van der Waals surface area contributed by atoms with E-state index in [-0.39, 0.29) is 71.0 Å². The van der Waals surface area contributed by atoms with Crippen molar-refractivity contribution in [1.29, 1.82) is 0 Å². The van der Waals surface area contributed by atoms with Gasteiger partial charge in [-0.05, 0) is 36.8 Å². The fourth-order valence-electron chi connectivity index (χ4n) is 6.09. The number of hydrogen-bond acceptors (Lipinski definition) is 11. The predicted octanol–water partition coefficient (Wildman–Crippen LogP) is 0.891. The first kappa shape index (κ1) is 53.0. The molecule has 63 heavy (non-hydrogen) atoms. The van der Waals surface area contributed by atoms with Crippen LogP contribution in [0.2, 0.25) is 0 Å². The lowest BCUT2D eigenvalue weighted by molar-refractivity contribution is -0.141. The maximum absolute atomic E-state index is 13.8. The van der Waals surface area contributed by atoms with Crippen LogP contribution in [0.25, 0.3) is 0 Å². The molecule has 2 unspecified atom stereocenters. The summed E-state index contributed by atoms with van der Waals surface area (Å²) < 4.78 is 10.6. The molecule has 0 saturated carbocycles. The van der Waals surface area contributed by atoms with Crippen molar-refractivity contribution in [3.05, 3.63) is 71.8 Å². The number of carbonyl (C=O) groups is 8. The number of aliphatic hydroxyl groups excluding tert-OH is 1. The molecule has 2 rings (SSSR count). The molecule has 20 nitrogen and oxygen atoms in total. The zero-order valence-electron chi connectivity index (χ0n) is 35.4. The number of carboxylic acids is 3. The Morgan fingerprint density at radius 1 is 0.492 bits per heavy atom. The van der Waals surface area contributed by atoms with Gasteiger partial charge in [-0.15, -0.1) is 0 Å². The molecule has 0 aliphatic carbocycles. The summed E-state index contributed by atoms with van der Waals surface area (Å²) in [7, 11) is 0. The van der Waals surface area contributed by atoms with Crippen LogP contribution in [-0.4, -0.2) is 138 Å². The molecule has 6 amide bonds. The zero-order chi connectivity index (χ0) is 46.2. The van der Waals surface area contributed by atoms with Crippen LogP contribution in [-0.2, 0) is 55.9 Å². The number of amides is 6. The van der Waals surface area contributed by atoms with E-state index in [9.17, 15) is 48.6 Å². The SMILES string of the molecule is O=C(O)CCC(NC(=O)NC(CCC(=O)NCCCCCCCC(=O)N[C@@H](Cc1ccccc1)C(=O)N[C@@H](Cc1ccccc1)C(=O)NCCOCCOCCO)C(=O)O)C(=O)O. The monoisotopic (exact) mass is 886 g/mol. The van der Waals surface area contributed by atoms with Crippen molar-refractivity contribution in [1.82, 2.24) is 31.9 Å². The number of benzene rings is 2. The first-order valence-corrected chi connectivity index (χ1v) is 21.0. The molecule has 0 bridgehead atoms. The van der Waals surface area contributed by atoms with Gasteiger partial charge in [-0.1, -0.05) is 79.9 Å². The smallest absolute Gasteiger partial charge is 0.326 e. The Balaban J connectivity index is 1.80. The van der Waals surface area contributed by atoms with Crippen LogP contribution in [0.5, 0.6) is 0 Å². The molecule has 0 radical (unpaired) electrons. The molecule has 0 spiro atoms. The second kappa shape index (κ2) is 31.7. The minimum absolute atomic E-state index is 0.0871. The number of aliphatic hydroxyl groups is 1. The maximum Gasteiger partial charge on any atom is 0.326 e. The maximum atomic E-state index is 13.8. The average Bonchev–Trinajstić information content (AvgIpc) is 3.25. The summed E-state index contributed by atoms with van der Waals surface area (Å²) in [5, 5.41) is 51.5. The standard InChI is InChI=1S/C43H62N6O14/c50-23-25-63-27-26-62-24-22-45-39(55)34(28-30-12-6-4-7-13-30)47-40(56)35(29-31-14-8-5-9-15-31)46-37(52)16-10-2-1-3-11-21-44-36(51)19-17-32(41(57)58)48-43(61)49-33(42(59)60)18-20-38(53)54/h4-9,12-15,32-35,50H,1-3,10-11,16-29H2,(H,44,51)(H,45,55)(H,46,52)(H,47,56)(H,53,54)(H,57,58)(H,59,60)(H2,48,49,61)/t32?,33?,34-,35-/m0/s1. The predicted molar refractivity (Wildman–Crippen MR) is 227 cm³/mol. The minimum Gasteiger partial charge on any atom is -0.481 e. The number of rotatable bonds is 34. The molecule has 0 fully saturated rings. The first-order valence-electron chi connectivity index (χ1n) is 21.0. The third-order valence-electron chi connectivity index (χ3n) is 9.42. The topological polar surface area (TPSA) is 308 Å². The van der Waals surface area contributed by atoms with Gasteiger partial charge in [-0.25, -0.2) is 14.4 Å². The van der Waals surface area contributed by atoms with Gasteiger partial charge in [0.1, 0.15) is 24.2 Å². The highest BCUT2D eigenvalue weighted by Crippen LogP contribution is 2.10. The van der Waals surface area contributed by atoms with E-state index in [1.807, 2.05) is 66.0 Å². The van der Waals surface area contributed by atoms with Gasteiger partial charge in [0.2, 0.25) is 23.6 Å². The van der Waals surface area contributed by atoms with E-state index in [4.69, 9.17) is 19.7 Å². The van der Waals surface area contributed by atoms with Crippen molar-refractivity contribution < 1.29 is 68.3 Å². The molecule has 348 valence electrons. The van der Waals surface area contributed by atoms with Crippen LogP contribution in [0, 0.1) is 0 Å². The number of carbonyl (C=O) groups excluding carboxylic acids is 5. The summed E-state index contributed by atoms with van der Waals surface area (Å²) in [4.78, 5) is 98.4. The van der Waals surface area contributed by atoms with Crippen molar-refractivity contribution in [3.8, 4) is 0 Å². The highest BCUT2D eigenvalue weighted by molar-refractivity contribution is 5.92. The summed E-state index contributed by atoms with van der Waals surface area (Å²) in [6.07, 6.45) is 2.44. The Bertz CT molecular complexity index is 1720. The van der Waals surface area contributed by atoms with E-state index in [2.05, 4.69) is 26.6 Å². The third-order valence-corrected chi connectivity index (χ3v) is 9.42. The van der Waals surface area contributed by atoms with Gasteiger partial charge in [-0.2, -0.15) is 0 Å². The molecule has 20 heteroatoms. The van der Waals surface area contributed by atoms with Crippen molar-refractivity contribution in [2.24, 2.45) is 0 Å². The average molecular weight is 887 g/mol. The van der Waals surface area contributed by atoms with Gasteiger partial charge >= 0.3 is 23.9 Å². The molecule has 0 heterocycles. The zero-order valence-corrected chi connectivity index (χ0v) is 35.4. The van der Waals surface area contributed by atoms with Gasteiger partial charge in [0.15, 0.2) is 0 Å². The van der Waals surface area contributed by atoms with Crippen molar-refractivity contribution >= 4 is 47.6 Å². The molecular weight excluding hydrogens is 825 g/mol. The van der Waals surface area contributed by atoms with E-state index >= 15 is 0 Å². The van der Waals surface area contributed by atoms with Gasteiger partial charge in [0.05, 0.1) is 33.0 Å². The molecule has 10 N–H and O–H groups in total. The van der Waals surface area contributed by atoms with E-state index in [0.717, 1.165) is 24.0 Å². The second-order valence-electron chi connectivity index (χ2n) is 14.5. The Morgan fingerprint density at radius 2 is 1.02 bits per heavy atom. The summed E-state index contributed by atoms with van der Waals surface area (Å²) in [5.41, 5.74) is 1.65. The Labute approximate surface area is 366 Å². The Hall–Kier alpha value is -6.12. The highest BCUT2D eigenvalue weighted by atomic mass is 16.5. The number of urea groups is 1. The van der Waals surface area contributed by atoms with Crippen LogP contribution in [0.4, 0.5) is 4.79 Å². The van der Waals surface area contributed by atoms with Crippen LogP contribution in [0.15, 0.2) is 60.7 Å². The largest absolute Gasteiger partial charge is 0.481 e. The fourth-order valence-corrected chi connectivity index (χ4v) is 6.09. The number of carboxylic acid groups (broad SMARTS) is 3. The molecule has 4 atom stereocenters. The van der Waals surface area contributed by atoms with E-state index in [1.54, 1.807) is 0 Å². The fraction of sp³-hybridized carbons (Fsp3) is 0.535. The third kappa shape index (κ3) is 24.8. The quantitative estimate of drug-likeness (QED) is 0.0437. The van der Waals surface area contributed by atoms with Gasteiger partial charge < -0.3 is 61.8 Å². The molecule has 2 aromatic rings. The van der Waals surface area contributed by atoms with Gasteiger partial charge in [0.25, 0.3) is 0 Å². The summed E-state index contributed by atoms with van der Waals surface area (Å²) >= 11 is 0. The minimum atomic E-state index is -1.55. The summed E-state index contributed by atoms with van der Waals surface area (Å²) in [5.74, 6) is -5.89.